The van der Waals surface area contributed by atoms with E-state index in [9.17, 15) is 5.11 Å². The van der Waals surface area contributed by atoms with Crippen LogP contribution >= 0.6 is 0 Å². The molecule has 1 unspecified atom stereocenters. The number of aliphatic hydroxyl groups is 1. The number of aliphatic hydroxyl groups excluding tert-OH is 1. The molecule has 0 amide bonds. The highest BCUT2D eigenvalue weighted by Crippen LogP contribution is 2.19. The summed E-state index contributed by atoms with van der Waals surface area (Å²) in [5, 5.41) is 9.17. The Labute approximate surface area is 109 Å². The molecule has 4 heteroatoms. The van der Waals surface area contributed by atoms with E-state index in [0.29, 0.717) is 6.04 Å². The number of nitrogens with zero attached hydrogens (tertiary/aromatic N) is 3. The summed E-state index contributed by atoms with van der Waals surface area (Å²) in [6.45, 7) is 7.41. The molecule has 1 aromatic heterocycles. The molecule has 1 fully saturated rings. The summed E-state index contributed by atoms with van der Waals surface area (Å²) in [7, 11) is 2.19. The highest BCUT2D eigenvalue weighted by molar-refractivity contribution is 5.42. The third-order valence-electron chi connectivity index (χ3n) is 3.92. The zero-order valence-corrected chi connectivity index (χ0v) is 11.6. The molecule has 1 aliphatic heterocycles. The molecule has 1 aliphatic rings. The van der Waals surface area contributed by atoms with Crippen LogP contribution in [0.4, 0.5) is 5.82 Å². The van der Waals surface area contributed by atoms with Gasteiger partial charge in [-0.3, -0.25) is 4.90 Å². The van der Waals surface area contributed by atoms with Crippen LogP contribution in [0.3, 0.4) is 0 Å². The first-order valence-electron chi connectivity index (χ1n) is 6.68. The lowest BCUT2D eigenvalue weighted by molar-refractivity contribution is 0.213. The number of aryl methyl sites for hydroxylation is 1. The van der Waals surface area contributed by atoms with Gasteiger partial charge in [-0.1, -0.05) is 13.0 Å². The molecule has 1 saturated heterocycles. The quantitative estimate of drug-likeness (QED) is 0.879. The average Bonchev–Trinajstić information content (AvgIpc) is 2.39. The number of anilines is 1. The van der Waals surface area contributed by atoms with Crippen LogP contribution in [0.5, 0.6) is 0 Å². The summed E-state index contributed by atoms with van der Waals surface area (Å²) in [5.74, 6) is 1.04. The standard InChI is InChI=1S/C14H23N3O/c1-4-13-9-17(8-7-16(13)3)14-6-5-12(10-18)11(2)15-14/h5-6,13,18H,4,7-10H2,1-3H3. The van der Waals surface area contributed by atoms with Crippen molar-refractivity contribution < 1.29 is 5.11 Å². The Morgan fingerprint density at radius 1 is 1.39 bits per heavy atom. The molecule has 18 heavy (non-hydrogen) atoms. The molecule has 0 radical (unpaired) electrons. The Balaban J connectivity index is 2.14. The second-order valence-electron chi connectivity index (χ2n) is 5.06. The number of piperazine rings is 1. The third kappa shape index (κ3) is 2.65. The van der Waals surface area contributed by atoms with Crippen molar-refractivity contribution >= 4 is 5.82 Å². The summed E-state index contributed by atoms with van der Waals surface area (Å²) in [4.78, 5) is 9.38. The third-order valence-corrected chi connectivity index (χ3v) is 3.92. The fourth-order valence-electron chi connectivity index (χ4n) is 2.51. The van der Waals surface area contributed by atoms with Gasteiger partial charge in [-0.25, -0.2) is 4.98 Å². The first kappa shape index (κ1) is 13.3. The fourth-order valence-corrected chi connectivity index (χ4v) is 2.51. The monoisotopic (exact) mass is 249 g/mol. The second-order valence-corrected chi connectivity index (χ2v) is 5.06. The van der Waals surface area contributed by atoms with Gasteiger partial charge in [-0.2, -0.15) is 0 Å². The van der Waals surface area contributed by atoms with Gasteiger partial charge in [0.25, 0.3) is 0 Å². The van der Waals surface area contributed by atoms with Crippen molar-refractivity contribution in [2.24, 2.45) is 0 Å². The van der Waals surface area contributed by atoms with Gasteiger partial charge < -0.3 is 10.0 Å². The van der Waals surface area contributed by atoms with Crippen LogP contribution in [-0.4, -0.2) is 47.7 Å². The van der Waals surface area contributed by atoms with Gasteiger partial charge in [0, 0.05) is 31.4 Å². The molecule has 0 aromatic carbocycles. The topological polar surface area (TPSA) is 39.6 Å². The van der Waals surface area contributed by atoms with E-state index in [-0.39, 0.29) is 6.61 Å². The van der Waals surface area contributed by atoms with Crippen molar-refractivity contribution in [3.05, 3.63) is 23.4 Å². The molecule has 0 aliphatic carbocycles. The SMILES string of the molecule is CCC1CN(c2ccc(CO)c(C)n2)CCN1C. The lowest BCUT2D eigenvalue weighted by Gasteiger charge is -2.39. The Morgan fingerprint density at radius 3 is 2.78 bits per heavy atom. The van der Waals surface area contributed by atoms with Crippen LogP contribution in [0.25, 0.3) is 0 Å². The predicted molar refractivity (Wildman–Crippen MR) is 73.8 cm³/mol. The van der Waals surface area contributed by atoms with Gasteiger partial charge in [0.1, 0.15) is 5.82 Å². The van der Waals surface area contributed by atoms with Crippen LogP contribution in [0.2, 0.25) is 0 Å². The fraction of sp³-hybridized carbons (Fsp3) is 0.643. The number of pyridine rings is 1. The van der Waals surface area contributed by atoms with E-state index in [2.05, 4.69) is 28.8 Å². The Bertz CT molecular complexity index is 408. The van der Waals surface area contributed by atoms with E-state index >= 15 is 0 Å². The molecule has 0 bridgehead atoms. The number of rotatable bonds is 3. The maximum Gasteiger partial charge on any atom is 0.128 e. The van der Waals surface area contributed by atoms with Crippen molar-refractivity contribution in [1.82, 2.24) is 9.88 Å². The van der Waals surface area contributed by atoms with Crippen LogP contribution in [0, 0.1) is 6.92 Å². The predicted octanol–water partition coefficient (Wildman–Crippen LogP) is 1.41. The summed E-state index contributed by atoms with van der Waals surface area (Å²) >= 11 is 0. The Kier molecular flexibility index (Phi) is 4.19. The normalized spacial score (nSPS) is 21.3. The highest BCUT2D eigenvalue weighted by Gasteiger charge is 2.23. The van der Waals surface area contributed by atoms with Crippen molar-refractivity contribution in [1.29, 1.82) is 0 Å². The van der Waals surface area contributed by atoms with E-state index in [1.54, 1.807) is 0 Å². The maximum absolute atomic E-state index is 9.17. The van der Waals surface area contributed by atoms with Crippen molar-refractivity contribution in [2.45, 2.75) is 32.9 Å². The maximum atomic E-state index is 9.17. The van der Waals surface area contributed by atoms with E-state index in [1.165, 1.54) is 6.42 Å². The largest absolute Gasteiger partial charge is 0.392 e. The van der Waals surface area contributed by atoms with Gasteiger partial charge in [-0.15, -0.1) is 0 Å². The Hall–Kier alpha value is -1.13. The summed E-state index contributed by atoms with van der Waals surface area (Å²) in [6.07, 6.45) is 1.17. The van der Waals surface area contributed by atoms with Crippen LogP contribution in [0.1, 0.15) is 24.6 Å². The van der Waals surface area contributed by atoms with E-state index in [1.807, 2.05) is 19.1 Å². The molecular weight excluding hydrogens is 226 g/mol. The highest BCUT2D eigenvalue weighted by atomic mass is 16.3. The molecule has 1 N–H and O–H groups in total. The van der Waals surface area contributed by atoms with Crippen LogP contribution in [-0.2, 0) is 6.61 Å². The first-order valence-corrected chi connectivity index (χ1v) is 6.68. The molecule has 2 rings (SSSR count). The van der Waals surface area contributed by atoms with Gasteiger partial charge in [0.2, 0.25) is 0 Å². The molecule has 1 atom stereocenters. The zero-order valence-electron chi connectivity index (χ0n) is 11.6. The molecule has 0 spiro atoms. The van der Waals surface area contributed by atoms with Crippen molar-refractivity contribution in [3.8, 4) is 0 Å². The lowest BCUT2D eigenvalue weighted by atomic mass is 10.1. The second kappa shape index (κ2) is 5.67. The number of hydrogen-bond donors (Lipinski definition) is 1. The average molecular weight is 249 g/mol. The minimum atomic E-state index is 0.0689. The first-order chi connectivity index (χ1) is 8.65. The minimum Gasteiger partial charge on any atom is -0.392 e. The zero-order chi connectivity index (χ0) is 13.1. The van der Waals surface area contributed by atoms with Gasteiger partial charge in [0.15, 0.2) is 0 Å². The van der Waals surface area contributed by atoms with Crippen molar-refractivity contribution in [2.75, 3.05) is 31.6 Å². The number of likely N-dealkylation sites (N-methyl/N-ethyl adjacent to an activating group) is 1. The van der Waals surface area contributed by atoms with Gasteiger partial charge in [0.05, 0.1) is 6.61 Å². The van der Waals surface area contributed by atoms with Crippen LogP contribution < -0.4 is 4.90 Å². The molecule has 100 valence electrons. The van der Waals surface area contributed by atoms with E-state index in [0.717, 1.165) is 36.7 Å². The number of hydrogen-bond acceptors (Lipinski definition) is 4. The summed E-state index contributed by atoms with van der Waals surface area (Å²) in [5.41, 5.74) is 1.85. The lowest BCUT2D eigenvalue weighted by Crippen LogP contribution is -2.51. The smallest absolute Gasteiger partial charge is 0.128 e. The van der Waals surface area contributed by atoms with E-state index < -0.39 is 0 Å². The Morgan fingerprint density at radius 2 is 2.17 bits per heavy atom. The van der Waals surface area contributed by atoms with Gasteiger partial charge in [-0.05, 0) is 32.0 Å². The summed E-state index contributed by atoms with van der Waals surface area (Å²) < 4.78 is 0. The van der Waals surface area contributed by atoms with Crippen LogP contribution in [0.15, 0.2) is 12.1 Å². The molecular formula is C14H23N3O. The molecule has 0 saturated carbocycles. The minimum absolute atomic E-state index is 0.0689. The molecule has 2 heterocycles. The molecule has 4 nitrogen and oxygen atoms in total. The number of aromatic nitrogens is 1. The molecule has 1 aromatic rings. The van der Waals surface area contributed by atoms with Gasteiger partial charge >= 0.3 is 0 Å². The van der Waals surface area contributed by atoms with E-state index in [4.69, 9.17) is 0 Å². The summed E-state index contributed by atoms with van der Waals surface area (Å²) in [6, 6.07) is 4.62. The van der Waals surface area contributed by atoms with Crippen molar-refractivity contribution in [3.63, 3.8) is 0 Å².